The maximum absolute atomic E-state index is 11.5. The molecule has 0 atom stereocenters. The summed E-state index contributed by atoms with van der Waals surface area (Å²) >= 11 is 5.92. The van der Waals surface area contributed by atoms with Crippen LogP contribution >= 0.6 is 11.6 Å². The SMILES string of the molecule is CCOC(=O)c1c(Cl)cc(OC)nc1C. The fourth-order valence-electron chi connectivity index (χ4n) is 1.16. The van der Waals surface area contributed by atoms with E-state index in [0.29, 0.717) is 23.7 Å². The fourth-order valence-corrected chi connectivity index (χ4v) is 1.47. The third-order valence-electron chi connectivity index (χ3n) is 1.82. The van der Waals surface area contributed by atoms with Gasteiger partial charge in [-0.3, -0.25) is 0 Å². The first kappa shape index (κ1) is 11.8. The van der Waals surface area contributed by atoms with Gasteiger partial charge in [-0.2, -0.15) is 0 Å². The van der Waals surface area contributed by atoms with Gasteiger partial charge in [-0.1, -0.05) is 11.6 Å². The molecule has 0 radical (unpaired) electrons. The molecule has 1 aromatic rings. The van der Waals surface area contributed by atoms with Crippen LogP contribution in [-0.4, -0.2) is 24.7 Å². The average Bonchev–Trinajstić information content (AvgIpc) is 2.16. The molecule has 0 amide bonds. The number of aryl methyl sites for hydroxylation is 1. The first-order chi connectivity index (χ1) is 7.10. The summed E-state index contributed by atoms with van der Waals surface area (Å²) in [4.78, 5) is 15.5. The second-order valence-electron chi connectivity index (χ2n) is 2.83. The minimum atomic E-state index is -0.463. The summed E-state index contributed by atoms with van der Waals surface area (Å²) in [5.74, 6) is -0.0827. The Hall–Kier alpha value is -1.29. The van der Waals surface area contributed by atoms with Crippen LogP contribution in [-0.2, 0) is 4.74 Å². The molecule has 5 heteroatoms. The number of nitrogens with zero attached hydrogens (tertiary/aromatic N) is 1. The van der Waals surface area contributed by atoms with E-state index < -0.39 is 5.97 Å². The van der Waals surface area contributed by atoms with Gasteiger partial charge >= 0.3 is 5.97 Å². The van der Waals surface area contributed by atoms with Crippen molar-refractivity contribution in [1.82, 2.24) is 4.98 Å². The van der Waals surface area contributed by atoms with Crippen LogP contribution in [0, 0.1) is 6.92 Å². The highest BCUT2D eigenvalue weighted by atomic mass is 35.5. The third-order valence-corrected chi connectivity index (χ3v) is 2.12. The highest BCUT2D eigenvalue weighted by Gasteiger charge is 2.17. The van der Waals surface area contributed by atoms with Gasteiger partial charge in [0.1, 0.15) is 0 Å². The van der Waals surface area contributed by atoms with Gasteiger partial charge in [-0.05, 0) is 13.8 Å². The predicted octanol–water partition coefficient (Wildman–Crippen LogP) is 2.23. The van der Waals surface area contributed by atoms with Gasteiger partial charge in [-0.15, -0.1) is 0 Å². The van der Waals surface area contributed by atoms with Gasteiger partial charge in [0.25, 0.3) is 0 Å². The van der Waals surface area contributed by atoms with Gasteiger partial charge < -0.3 is 9.47 Å². The number of hydrogen-bond donors (Lipinski definition) is 0. The van der Waals surface area contributed by atoms with E-state index in [1.807, 2.05) is 0 Å². The molecule has 0 spiro atoms. The van der Waals surface area contributed by atoms with Crippen molar-refractivity contribution in [3.63, 3.8) is 0 Å². The first-order valence-electron chi connectivity index (χ1n) is 4.48. The molecule has 0 fully saturated rings. The molecular formula is C10H12ClNO3. The quantitative estimate of drug-likeness (QED) is 0.746. The van der Waals surface area contributed by atoms with Crippen molar-refractivity contribution >= 4 is 17.6 Å². The molecule has 0 N–H and O–H groups in total. The lowest BCUT2D eigenvalue weighted by molar-refractivity contribution is 0.0525. The van der Waals surface area contributed by atoms with Crippen molar-refractivity contribution in [1.29, 1.82) is 0 Å². The standard InChI is InChI=1S/C10H12ClNO3/c1-4-15-10(13)9-6(2)12-8(14-3)5-7(9)11/h5H,4H2,1-3H3. The van der Waals surface area contributed by atoms with Crippen molar-refractivity contribution in [2.45, 2.75) is 13.8 Å². The number of hydrogen-bond acceptors (Lipinski definition) is 4. The van der Waals surface area contributed by atoms with Crippen molar-refractivity contribution in [3.05, 3.63) is 22.3 Å². The summed E-state index contributed by atoms with van der Waals surface area (Å²) in [7, 11) is 1.49. The van der Waals surface area contributed by atoms with E-state index in [1.165, 1.54) is 13.2 Å². The Bertz CT molecular complexity index is 356. The van der Waals surface area contributed by atoms with Crippen LogP contribution < -0.4 is 4.74 Å². The van der Waals surface area contributed by atoms with E-state index >= 15 is 0 Å². The van der Waals surface area contributed by atoms with Crippen molar-refractivity contribution < 1.29 is 14.3 Å². The molecule has 0 aliphatic carbocycles. The molecule has 15 heavy (non-hydrogen) atoms. The van der Waals surface area contributed by atoms with Crippen LogP contribution in [0.15, 0.2) is 6.07 Å². The highest BCUT2D eigenvalue weighted by molar-refractivity contribution is 6.33. The van der Waals surface area contributed by atoms with E-state index in [0.717, 1.165) is 0 Å². The molecule has 1 rings (SSSR count). The number of carbonyl (C=O) groups is 1. The van der Waals surface area contributed by atoms with Crippen molar-refractivity contribution in [2.24, 2.45) is 0 Å². The van der Waals surface area contributed by atoms with Crippen LogP contribution in [0.5, 0.6) is 5.88 Å². The Morgan fingerprint density at radius 1 is 1.60 bits per heavy atom. The first-order valence-corrected chi connectivity index (χ1v) is 4.86. The predicted molar refractivity (Wildman–Crippen MR) is 56.5 cm³/mol. The molecular weight excluding hydrogens is 218 g/mol. The minimum Gasteiger partial charge on any atom is -0.481 e. The Morgan fingerprint density at radius 2 is 2.27 bits per heavy atom. The van der Waals surface area contributed by atoms with Crippen molar-refractivity contribution in [2.75, 3.05) is 13.7 Å². The summed E-state index contributed by atoms with van der Waals surface area (Å²) in [5.41, 5.74) is 0.789. The summed E-state index contributed by atoms with van der Waals surface area (Å²) in [6.45, 7) is 3.72. The van der Waals surface area contributed by atoms with Gasteiger partial charge in [0.15, 0.2) is 0 Å². The number of pyridine rings is 1. The van der Waals surface area contributed by atoms with Crippen LogP contribution in [0.3, 0.4) is 0 Å². The van der Waals surface area contributed by atoms with Gasteiger partial charge in [-0.25, -0.2) is 9.78 Å². The van der Waals surface area contributed by atoms with Crippen LogP contribution in [0.2, 0.25) is 5.02 Å². The van der Waals surface area contributed by atoms with E-state index in [1.54, 1.807) is 13.8 Å². The van der Waals surface area contributed by atoms with Gasteiger partial charge in [0, 0.05) is 6.07 Å². The molecule has 0 aliphatic rings. The lowest BCUT2D eigenvalue weighted by Crippen LogP contribution is -2.09. The Balaban J connectivity index is 3.13. The minimum absolute atomic E-state index is 0.290. The number of halogens is 1. The molecule has 1 aromatic heterocycles. The van der Waals surface area contributed by atoms with Crippen LogP contribution in [0.25, 0.3) is 0 Å². The fraction of sp³-hybridized carbons (Fsp3) is 0.400. The van der Waals surface area contributed by atoms with Gasteiger partial charge in [0.2, 0.25) is 5.88 Å². The van der Waals surface area contributed by atoms with E-state index in [-0.39, 0.29) is 5.02 Å². The Kier molecular flexibility index (Phi) is 3.91. The van der Waals surface area contributed by atoms with E-state index in [4.69, 9.17) is 21.1 Å². The number of rotatable bonds is 3. The topological polar surface area (TPSA) is 48.4 Å². The molecule has 0 saturated heterocycles. The molecule has 0 unspecified atom stereocenters. The lowest BCUT2D eigenvalue weighted by atomic mass is 10.2. The molecule has 1 heterocycles. The number of carbonyl (C=O) groups excluding carboxylic acids is 1. The number of esters is 1. The van der Waals surface area contributed by atoms with E-state index in [2.05, 4.69) is 4.98 Å². The second kappa shape index (κ2) is 4.98. The van der Waals surface area contributed by atoms with Crippen molar-refractivity contribution in [3.8, 4) is 5.88 Å². The molecule has 0 bridgehead atoms. The van der Waals surface area contributed by atoms with E-state index in [9.17, 15) is 4.79 Å². The normalized spacial score (nSPS) is 9.87. The molecule has 0 saturated carbocycles. The summed E-state index contributed by atoms with van der Waals surface area (Å²) in [6, 6.07) is 1.49. The zero-order valence-electron chi connectivity index (χ0n) is 8.83. The summed E-state index contributed by atoms with van der Waals surface area (Å²) in [6.07, 6.45) is 0. The molecule has 0 aromatic carbocycles. The zero-order chi connectivity index (χ0) is 11.4. The summed E-state index contributed by atoms with van der Waals surface area (Å²) < 4.78 is 9.78. The largest absolute Gasteiger partial charge is 0.481 e. The zero-order valence-corrected chi connectivity index (χ0v) is 9.59. The average molecular weight is 230 g/mol. The Labute approximate surface area is 93.2 Å². The van der Waals surface area contributed by atoms with Gasteiger partial charge in [0.05, 0.1) is 30.0 Å². The third kappa shape index (κ3) is 2.59. The maximum atomic E-state index is 11.5. The molecule has 82 valence electrons. The second-order valence-corrected chi connectivity index (χ2v) is 3.23. The smallest absolute Gasteiger partial charge is 0.341 e. The Morgan fingerprint density at radius 3 is 2.73 bits per heavy atom. The molecule has 0 aliphatic heterocycles. The maximum Gasteiger partial charge on any atom is 0.341 e. The number of methoxy groups -OCH3 is 1. The van der Waals surface area contributed by atoms with Crippen LogP contribution in [0.4, 0.5) is 0 Å². The highest BCUT2D eigenvalue weighted by Crippen LogP contribution is 2.23. The number of aromatic nitrogens is 1. The molecule has 4 nitrogen and oxygen atoms in total. The lowest BCUT2D eigenvalue weighted by Gasteiger charge is -2.08. The summed E-state index contributed by atoms with van der Waals surface area (Å²) in [5, 5.41) is 0.290. The monoisotopic (exact) mass is 229 g/mol. The number of ether oxygens (including phenoxy) is 2. The van der Waals surface area contributed by atoms with Crippen LogP contribution in [0.1, 0.15) is 23.0 Å².